The van der Waals surface area contributed by atoms with Crippen LogP contribution < -0.4 is 0 Å². The van der Waals surface area contributed by atoms with E-state index in [2.05, 4.69) is 0 Å². The number of epoxide rings is 2. The molecule has 6 unspecified atom stereocenters. The number of hydrogen-bond acceptors (Lipinski definition) is 5. The zero-order chi connectivity index (χ0) is 14.8. The monoisotopic (exact) mass is 286 g/mol. The molecule has 20 heavy (non-hydrogen) atoms. The molecule has 0 spiro atoms. The van der Waals surface area contributed by atoms with Crippen molar-refractivity contribution in [2.75, 3.05) is 6.61 Å². The first-order valence-electron chi connectivity index (χ1n) is 7.59. The average Bonchev–Trinajstić information content (AvgIpc) is 3.21. The number of aliphatic hydroxyl groups excluding tert-OH is 2. The van der Waals surface area contributed by atoms with Crippen molar-refractivity contribution in [3.63, 3.8) is 0 Å². The first-order chi connectivity index (χ1) is 9.22. The first kappa shape index (κ1) is 14.7. The van der Waals surface area contributed by atoms with E-state index in [0.29, 0.717) is 12.8 Å². The maximum absolute atomic E-state index is 10.6. The maximum Gasteiger partial charge on any atom is 0.118 e. The van der Waals surface area contributed by atoms with Crippen LogP contribution in [-0.4, -0.2) is 57.0 Å². The Kier molecular flexibility index (Phi) is 3.24. The van der Waals surface area contributed by atoms with Crippen LogP contribution in [0.15, 0.2) is 0 Å². The quantitative estimate of drug-likeness (QED) is 0.647. The summed E-state index contributed by atoms with van der Waals surface area (Å²) in [6.07, 6.45) is 2.19. The summed E-state index contributed by atoms with van der Waals surface area (Å²) in [6, 6.07) is 0. The predicted octanol–water partition coefficient (Wildman–Crippen LogP) is 0.596. The molecule has 0 amide bonds. The van der Waals surface area contributed by atoms with Crippen LogP contribution in [0.2, 0.25) is 0 Å². The van der Waals surface area contributed by atoms with E-state index in [1.807, 2.05) is 6.92 Å². The molecular weight excluding hydrogens is 260 g/mol. The van der Waals surface area contributed by atoms with Crippen molar-refractivity contribution in [1.82, 2.24) is 0 Å². The zero-order valence-corrected chi connectivity index (χ0v) is 12.5. The fourth-order valence-corrected chi connectivity index (χ4v) is 3.87. The summed E-state index contributed by atoms with van der Waals surface area (Å²) in [5.74, 6) is -0.277. The molecule has 0 aromatic carbocycles. The van der Waals surface area contributed by atoms with Crippen molar-refractivity contribution in [3.05, 3.63) is 0 Å². The molecule has 0 aromatic rings. The van der Waals surface area contributed by atoms with E-state index in [4.69, 9.17) is 9.47 Å². The van der Waals surface area contributed by atoms with Crippen LogP contribution in [0, 0.1) is 5.92 Å². The van der Waals surface area contributed by atoms with Gasteiger partial charge in [0.05, 0.1) is 30.0 Å². The van der Waals surface area contributed by atoms with E-state index in [1.54, 1.807) is 13.8 Å². The molecule has 0 radical (unpaired) electrons. The molecule has 3 fully saturated rings. The highest BCUT2D eigenvalue weighted by Crippen LogP contribution is 2.52. The standard InChI is InChI=1S/C15H26O5/c1-13(2,18)9-4-7-15(8-16)10(19-15)5-6-14(3)12(20-14)11(9)17/h9-12,16-18H,4-8H2,1-3H3. The molecule has 3 N–H and O–H groups in total. The third kappa shape index (κ3) is 2.29. The van der Waals surface area contributed by atoms with Crippen molar-refractivity contribution in [2.24, 2.45) is 5.92 Å². The number of ether oxygens (including phenoxy) is 2. The molecule has 116 valence electrons. The summed E-state index contributed by atoms with van der Waals surface area (Å²) >= 11 is 0. The minimum Gasteiger partial charge on any atom is -0.393 e. The Bertz CT molecular complexity index is 392. The second-order valence-corrected chi connectivity index (χ2v) is 7.51. The van der Waals surface area contributed by atoms with Crippen molar-refractivity contribution >= 4 is 0 Å². The van der Waals surface area contributed by atoms with Gasteiger partial charge in [-0.1, -0.05) is 0 Å². The zero-order valence-electron chi connectivity index (χ0n) is 12.5. The SMILES string of the molecule is CC(C)(O)C1CCC2(CO)OC2CCC2(C)OC2C1O. The van der Waals surface area contributed by atoms with E-state index >= 15 is 0 Å². The third-order valence-corrected chi connectivity index (χ3v) is 5.53. The van der Waals surface area contributed by atoms with Crippen LogP contribution in [0.1, 0.15) is 46.5 Å². The highest BCUT2D eigenvalue weighted by Gasteiger charge is 2.63. The van der Waals surface area contributed by atoms with Gasteiger partial charge in [-0.15, -0.1) is 0 Å². The van der Waals surface area contributed by atoms with Gasteiger partial charge in [0.1, 0.15) is 11.7 Å². The molecule has 2 heterocycles. The van der Waals surface area contributed by atoms with E-state index in [-0.39, 0.29) is 30.3 Å². The molecule has 0 bridgehead atoms. The van der Waals surface area contributed by atoms with Gasteiger partial charge in [0.15, 0.2) is 0 Å². The summed E-state index contributed by atoms with van der Waals surface area (Å²) in [6.45, 7) is 5.47. The Labute approximate surface area is 119 Å². The molecular formula is C15H26O5. The van der Waals surface area contributed by atoms with Gasteiger partial charge in [-0.2, -0.15) is 0 Å². The van der Waals surface area contributed by atoms with E-state index in [9.17, 15) is 15.3 Å². The van der Waals surface area contributed by atoms with Crippen molar-refractivity contribution < 1.29 is 24.8 Å². The minimum atomic E-state index is -0.980. The Morgan fingerprint density at radius 1 is 1.20 bits per heavy atom. The van der Waals surface area contributed by atoms with Gasteiger partial charge in [-0.25, -0.2) is 0 Å². The van der Waals surface area contributed by atoms with Gasteiger partial charge < -0.3 is 24.8 Å². The highest BCUT2D eigenvalue weighted by molar-refractivity contribution is 5.11. The molecule has 2 saturated heterocycles. The Balaban J connectivity index is 1.81. The second-order valence-electron chi connectivity index (χ2n) is 7.51. The lowest BCUT2D eigenvalue weighted by atomic mass is 9.76. The molecule has 1 saturated carbocycles. The summed E-state index contributed by atoms with van der Waals surface area (Å²) < 4.78 is 11.5. The highest BCUT2D eigenvalue weighted by atomic mass is 16.6. The Morgan fingerprint density at radius 3 is 2.50 bits per heavy atom. The molecule has 3 rings (SSSR count). The minimum absolute atomic E-state index is 0.00728. The number of aliphatic hydroxyl groups is 3. The number of hydrogen-bond donors (Lipinski definition) is 3. The topological polar surface area (TPSA) is 85.8 Å². The molecule has 5 heteroatoms. The van der Waals surface area contributed by atoms with Crippen LogP contribution in [0.25, 0.3) is 0 Å². The van der Waals surface area contributed by atoms with Crippen LogP contribution >= 0.6 is 0 Å². The van der Waals surface area contributed by atoms with Gasteiger partial charge in [-0.05, 0) is 46.5 Å². The summed E-state index contributed by atoms with van der Waals surface area (Å²) in [4.78, 5) is 0. The lowest BCUT2D eigenvalue weighted by molar-refractivity contribution is -0.0621. The van der Waals surface area contributed by atoms with Crippen molar-refractivity contribution in [3.8, 4) is 0 Å². The predicted molar refractivity (Wildman–Crippen MR) is 72.2 cm³/mol. The average molecular weight is 286 g/mol. The van der Waals surface area contributed by atoms with Gasteiger partial charge in [0.25, 0.3) is 0 Å². The van der Waals surface area contributed by atoms with Gasteiger partial charge >= 0.3 is 0 Å². The smallest absolute Gasteiger partial charge is 0.118 e. The van der Waals surface area contributed by atoms with Crippen molar-refractivity contribution in [2.45, 2.75) is 81.6 Å². The maximum atomic E-state index is 10.6. The Morgan fingerprint density at radius 2 is 1.90 bits per heavy atom. The fourth-order valence-electron chi connectivity index (χ4n) is 3.87. The van der Waals surface area contributed by atoms with E-state index < -0.39 is 17.3 Å². The fraction of sp³-hybridized carbons (Fsp3) is 1.00. The second kappa shape index (κ2) is 4.40. The molecule has 2 aliphatic heterocycles. The van der Waals surface area contributed by atoms with Crippen LogP contribution in [0.4, 0.5) is 0 Å². The Hall–Kier alpha value is -0.200. The third-order valence-electron chi connectivity index (χ3n) is 5.53. The van der Waals surface area contributed by atoms with Crippen LogP contribution in [0.5, 0.6) is 0 Å². The van der Waals surface area contributed by atoms with E-state index in [0.717, 1.165) is 12.8 Å². The normalized spacial score (nSPS) is 51.9. The summed E-state index contributed by atoms with van der Waals surface area (Å²) in [5.41, 5.74) is -1.75. The largest absolute Gasteiger partial charge is 0.393 e. The van der Waals surface area contributed by atoms with Crippen LogP contribution in [-0.2, 0) is 9.47 Å². The number of fused-ring (bicyclic) bond motifs is 2. The molecule has 3 aliphatic rings. The lowest BCUT2D eigenvalue weighted by Crippen LogP contribution is -2.44. The van der Waals surface area contributed by atoms with Crippen LogP contribution in [0.3, 0.4) is 0 Å². The lowest BCUT2D eigenvalue weighted by Gasteiger charge is -2.34. The first-order valence-corrected chi connectivity index (χ1v) is 7.59. The van der Waals surface area contributed by atoms with E-state index in [1.165, 1.54) is 0 Å². The van der Waals surface area contributed by atoms with Gasteiger partial charge in [-0.3, -0.25) is 0 Å². The van der Waals surface area contributed by atoms with Gasteiger partial charge in [0.2, 0.25) is 0 Å². The molecule has 0 aromatic heterocycles. The molecule has 1 aliphatic carbocycles. The van der Waals surface area contributed by atoms with Crippen molar-refractivity contribution in [1.29, 1.82) is 0 Å². The van der Waals surface area contributed by atoms with Gasteiger partial charge in [0, 0.05) is 5.92 Å². The molecule has 5 nitrogen and oxygen atoms in total. The summed E-state index contributed by atoms with van der Waals surface area (Å²) in [7, 11) is 0. The number of rotatable bonds is 2. The molecule has 6 atom stereocenters. The summed E-state index contributed by atoms with van der Waals surface area (Å²) in [5, 5.41) is 30.5.